The van der Waals surface area contributed by atoms with E-state index >= 15 is 0 Å². The molecule has 0 radical (unpaired) electrons. The van der Waals surface area contributed by atoms with Crippen LogP contribution in [0.2, 0.25) is 0 Å². The number of aliphatic hydroxyl groups excluding tert-OH is 1. The molecule has 1 N–H and O–H groups in total. The molecule has 1 unspecified atom stereocenters. The normalized spacial score (nSPS) is 18.0. The molecule has 0 spiro atoms. The summed E-state index contributed by atoms with van der Waals surface area (Å²) in [6.07, 6.45) is 1.71. The summed E-state index contributed by atoms with van der Waals surface area (Å²) in [6, 6.07) is 4.40. The van der Waals surface area contributed by atoms with Crippen LogP contribution in [0.5, 0.6) is 0 Å². The van der Waals surface area contributed by atoms with Gasteiger partial charge < -0.3 is 9.84 Å². The number of ether oxygens (including phenoxy) is 1. The van der Waals surface area contributed by atoms with Gasteiger partial charge in [0.25, 0.3) is 0 Å². The Morgan fingerprint density at radius 2 is 2.14 bits per heavy atom. The van der Waals surface area contributed by atoms with Gasteiger partial charge in [0.2, 0.25) is 0 Å². The van der Waals surface area contributed by atoms with Gasteiger partial charge in [-0.25, -0.2) is 0 Å². The van der Waals surface area contributed by atoms with E-state index in [1.54, 1.807) is 0 Å². The van der Waals surface area contributed by atoms with Crippen molar-refractivity contribution in [2.24, 2.45) is 0 Å². The maximum atomic E-state index is 10.2. The molecular formula is C17H30N2O2S. The Balaban J connectivity index is 1.85. The van der Waals surface area contributed by atoms with Gasteiger partial charge in [-0.1, -0.05) is 13.3 Å². The molecule has 126 valence electrons. The molecule has 1 atom stereocenters. The zero-order valence-corrected chi connectivity index (χ0v) is 14.8. The topological polar surface area (TPSA) is 35.9 Å². The molecule has 0 amide bonds. The summed E-state index contributed by atoms with van der Waals surface area (Å²) in [5.41, 5.74) is 0. The monoisotopic (exact) mass is 326 g/mol. The highest BCUT2D eigenvalue weighted by atomic mass is 32.1. The maximum absolute atomic E-state index is 10.2. The van der Waals surface area contributed by atoms with Gasteiger partial charge in [-0.3, -0.25) is 9.80 Å². The highest BCUT2D eigenvalue weighted by Gasteiger charge is 2.16. The standard InChI is InChI=1S/C17H30N2O2S/c1-3-4-16(20)13-19(14-17-6-5-15(2)22-17)8-7-18-9-11-21-12-10-18/h5-6,16,20H,3-4,7-14H2,1-2H3. The van der Waals surface area contributed by atoms with Crippen molar-refractivity contribution >= 4 is 11.3 Å². The van der Waals surface area contributed by atoms with Crippen LogP contribution in [-0.4, -0.2) is 66.9 Å². The second kappa shape index (κ2) is 9.63. The van der Waals surface area contributed by atoms with Crippen LogP contribution in [0.1, 0.15) is 29.5 Å². The summed E-state index contributed by atoms with van der Waals surface area (Å²) in [5, 5.41) is 10.2. The lowest BCUT2D eigenvalue weighted by atomic mass is 10.2. The third-order valence-electron chi connectivity index (χ3n) is 4.10. The van der Waals surface area contributed by atoms with E-state index in [2.05, 4.69) is 35.8 Å². The smallest absolute Gasteiger partial charge is 0.0667 e. The van der Waals surface area contributed by atoms with Crippen LogP contribution in [0.25, 0.3) is 0 Å². The van der Waals surface area contributed by atoms with Gasteiger partial charge in [0.05, 0.1) is 19.3 Å². The molecule has 0 aliphatic carbocycles. The van der Waals surface area contributed by atoms with Crippen LogP contribution in [0.3, 0.4) is 0 Å². The fourth-order valence-electron chi connectivity index (χ4n) is 2.86. The van der Waals surface area contributed by atoms with Crippen molar-refractivity contribution in [1.82, 2.24) is 9.80 Å². The van der Waals surface area contributed by atoms with Gasteiger partial charge in [0.1, 0.15) is 0 Å². The molecule has 1 aromatic rings. The van der Waals surface area contributed by atoms with E-state index in [9.17, 15) is 5.11 Å². The minimum absolute atomic E-state index is 0.212. The first-order valence-electron chi connectivity index (χ1n) is 8.43. The third kappa shape index (κ3) is 6.34. The third-order valence-corrected chi connectivity index (χ3v) is 5.09. The lowest BCUT2D eigenvalue weighted by Gasteiger charge is -2.30. The van der Waals surface area contributed by atoms with Crippen LogP contribution >= 0.6 is 11.3 Å². The van der Waals surface area contributed by atoms with Gasteiger partial charge in [-0.2, -0.15) is 0 Å². The van der Waals surface area contributed by atoms with Crippen molar-refractivity contribution in [3.8, 4) is 0 Å². The Morgan fingerprint density at radius 1 is 1.36 bits per heavy atom. The maximum Gasteiger partial charge on any atom is 0.0667 e. The molecule has 1 aromatic heterocycles. The number of hydrogen-bond donors (Lipinski definition) is 1. The fourth-order valence-corrected chi connectivity index (χ4v) is 3.79. The molecule has 1 saturated heterocycles. The van der Waals surface area contributed by atoms with Gasteiger partial charge in [-0.15, -0.1) is 11.3 Å². The Kier molecular flexibility index (Phi) is 7.83. The van der Waals surface area contributed by atoms with Gasteiger partial charge in [0.15, 0.2) is 0 Å². The largest absolute Gasteiger partial charge is 0.392 e. The van der Waals surface area contributed by atoms with Crippen molar-refractivity contribution in [2.45, 2.75) is 39.3 Å². The molecule has 0 saturated carbocycles. The Morgan fingerprint density at radius 3 is 2.77 bits per heavy atom. The molecule has 4 nitrogen and oxygen atoms in total. The van der Waals surface area contributed by atoms with E-state index in [1.165, 1.54) is 9.75 Å². The van der Waals surface area contributed by atoms with Crippen molar-refractivity contribution in [3.63, 3.8) is 0 Å². The second-order valence-corrected chi connectivity index (χ2v) is 7.52. The van der Waals surface area contributed by atoms with Crippen LogP contribution in [-0.2, 0) is 11.3 Å². The molecular weight excluding hydrogens is 296 g/mol. The van der Waals surface area contributed by atoms with E-state index in [-0.39, 0.29) is 6.10 Å². The van der Waals surface area contributed by atoms with E-state index in [0.717, 1.165) is 65.3 Å². The zero-order chi connectivity index (χ0) is 15.8. The molecule has 1 aliphatic heterocycles. The van der Waals surface area contributed by atoms with Gasteiger partial charge in [0, 0.05) is 49.0 Å². The molecule has 1 aliphatic rings. The molecule has 0 bridgehead atoms. The minimum atomic E-state index is -0.212. The predicted octanol–water partition coefficient (Wildman–Crippen LogP) is 2.35. The van der Waals surface area contributed by atoms with Crippen LogP contribution < -0.4 is 0 Å². The first-order chi connectivity index (χ1) is 10.7. The lowest BCUT2D eigenvalue weighted by molar-refractivity contribution is 0.0288. The average Bonchev–Trinajstić information content (AvgIpc) is 2.91. The zero-order valence-electron chi connectivity index (χ0n) is 14.0. The quantitative estimate of drug-likeness (QED) is 0.756. The second-order valence-electron chi connectivity index (χ2n) is 6.14. The minimum Gasteiger partial charge on any atom is -0.392 e. The number of morpholine rings is 1. The van der Waals surface area contributed by atoms with Crippen molar-refractivity contribution in [1.29, 1.82) is 0 Å². The number of rotatable bonds is 9. The van der Waals surface area contributed by atoms with E-state index in [4.69, 9.17) is 4.74 Å². The van der Waals surface area contributed by atoms with E-state index in [1.807, 2.05) is 11.3 Å². The summed E-state index contributed by atoms with van der Waals surface area (Å²) in [7, 11) is 0. The van der Waals surface area contributed by atoms with Crippen LogP contribution in [0.4, 0.5) is 0 Å². The summed E-state index contributed by atoms with van der Waals surface area (Å²) >= 11 is 1.86. The van der Waals surface area contributed by atoms with Crippen molar-refractivity contribution in [3.05, 3.63) is 21.9 Å². The van der Waals surface area contributed by atoms with E-state index < -0.39 is 0 Å². The van der Waals surface area contributed by atoms with Crippen LogP contribution in [0, 0.1) is 6.92 Å². The number of hydrogen-bond acceptors (Lipinski definition) is 5. The van der Waals surface area contributed by atoms with Gasteiger partial charge in [-0.05, 0) is 25.5 Å². The first-order valence-corrected chi connectivity index (χ1v) is 9.25. The highest BCUT2D eigenvalue weighted by molar-refractivity contribution is 7.11. The molecule has 0 aromatic carbocycles. The number of nitrogens with zero attached hydrogens (tertiary/aromatic N) is 2. The number of aliphatic hydroxyl groups is 1. The first kappa shape index (κ1) is 17.9. The van der Waals surface area contributed by atoms with Crippen molar-refractivity contribution < 1.29 is 9.84 Å². The molecule has 5 heteroatoms. The Hall–Kier alpha value is -0.460. The summed E-state index contributed by atoms with van der Waals surface area (Å²) in [6.45, 7) is 11.8. The summed E-state index contributed by atoms with van der Waals surface area (Å²) < 4.78 is 5.41. The van der Waals surface area contributed by atoms with E-state index in [0.29, 0.717) is 0 Å². The number of aryl methyl sites for hydroxylation is 1. The van der Waals surface area contributed by atoms with Crippen LogP contribution in [0.15, 0.2) is 12.1 Å². The van der Waals surface area contributed by atoms with Crippen molar-refractivity contribution in [2.75, 3.05) is 45.9 Å². The highest BCUT2D eigenvalue weighted by Crippen LogP contribution is 2.17. The molecule has 2 heterocycles. The number of thiophene rings is 1. The molecule has 22 heavy (non-hydrogen) atoms. The SMILES string of the molecule is CCCC(O)CN(CCN1CCOCC1)Cc1ccc(C)s1. The Bertz CT molecular complexity index is 419. The van der Waals surface area contributed by atoms with Gasteiger partial charge >= 0.3 is 0 Å². The molecule has 1 fully saturated rings. The lowest BCUT2D eigenvalue weighted by Crippen LogP contribution is -2.42. The molecule has 2 rings (SSSR count). The predicted molar refractivity (Wildman–Crippen MR) is 92.5 cm³/mol. The summed E-state index contributed by atoms with van der Waals surface area (Å²) in [5.74, 6) is 0. The fraction of sp³-hybridized carbons (Fsp3) is 0.765. The Labute approximate surface area is 138 Å². The average molecular weight is 327 g/mol. The summed E-state index contributed by atoms with van der Waals surface area (Å²) in [4.78, 5) is 7.61.